The SMILES string of the molecule is CN(CCC(C)(C)N)c1cc(Cl)ccc1Cl. The van der Waals surface area contributed by atoms with Gasteiger partial charge in [0.2, 0.25) is 0 Å². The van der Waals surface area contributed by atoms with Crippen molar-refractivity contribution in [1.82, 2.24) is 0 Å². The fraction of sp³-hybridized carbons (Fsp3) is 0.500. The summed E-state index contributed by atoms with van der Waals surface area (Å²) in [6.45, 7) is 4.88. The summed E-state index contributed by atoms with van der Waals surface area (Å²) >= 11 is 12.1. The van der Waals surface area contributed by atoms with Gasteiger partial charge in [-0.15, -0.1) is 0 Å². The number of benzene rings is 1. The van der Waals surface area contributed by atoms with E-state index in [2.05, 4.69) is 4.90 Å². The van der Waals surface area contributed by atoms with E-state index in [4.69, 9.17) is 28.9 Å². The first-order chi connectivity index (χ1) is 7.29. The Morgan fingerprint density at radius 2 is 1.94 bits per heavy atom. The molecule has 0 saturated carbocycles. The second kappa shape index (κ2) is 5.26. The molecule has 1 aromatic carbocycles. The van der Waals surface area contributed by atoms with Crippen LogP contribution in [0.4, 0.5) is 5.69 Å². The Morgan fingerprint density at radius 3 is 2.50 bits per heavy atom. The quantitative estimate of drug-likeness (QED) is 0.897. The zero-order valence-electron chi connectivity index (χ0n) is 9.93. The smallest absolute Gasteiger partial charge is 0.0640 e. The van der Waals surface area contributed by atoms with Crippen molar-refractivity contribution < 1.29 is 0 Å². The minimum Gasteiger partial charge on any atom is -0.373 e. The molecule has 16 heavy (non-hydrogen) atoms. The summed E-state index contributed by atoms with van der Waals surface area (Å²) in [5.41, 5.74) is 6.72. The molecule has 0 aliphatic rings. The minimum absolute atomic E-state index is 0.167. The van der Waals surface area contributed by atoms with E-state index in [1.54, 1.807) is 6.07 Å². The zero-order valence-corrected chi connectivity index (χ0v) is 11.4. The van der Waals surface area contributed by atoms with E-state index in [-0.39, 0.29) is 5.54 Å². The molecule has 4 heteroatoms. The van der Waals surface area contributed by atoms with Crippen LogP contribution in [0.15, 0.2) is 18.2 Å². The van der Waals surface area contributed by atoms with Crippen molar-refractivity contribution in [3.05, 3.63) is 28.2 Å². The number of hydrogen-bond donors (Lipinski definition) is 1. The van der Waals surface area contributed by atoms with E-state index in [0.717, 1.165) is 18.7 Å². The van der Waals surface area contributed by atoms with Crippen LogP contribution in [0.2, 0.25) is 10.0 Å². The third kappa shape index (κ3) is 4.20. The highest BCUT2D eigenvalue weighted by Crippen LogP contribution is 2.28. The van der Waals surface area contributed by atoms with Crippen LogP contribution < -0.4 is 10.6 Å². The minimum atomic E-state index is -0.167. The number of nitrogens with two attached hydrogens (primary N) is 1. The van der Waals surface area contributed by atoms with Crippen LogP contribution >= 0.6 is 23.2 Å². The van der Waals surface area contributed by atoms with Crippen molar-refractivity contribution in [2.45, 2.75) is 25.8 Å². The molecule has 0 heterocycles. The predicted octanol–water partition coefficient (Wildman–Crippen LogP) is 3.56. The van der Waals surface area contributed by atoms with E-state index < -0.39 is 0 Å². The number of rotatable bonds is 4. The van der Waals surface area contributed by atoms with Crippen molar-refractivity contribution >= 4 is 28.9 Å². The maximum Gasteiger partial charge on any atom is 0.0640 e. The van der Waals surface area contributed by atoms with Gasteiger partial charge in [0.05, 0.1) is 10.7 Å². The van der Waals surface area contributed by atoms with Crippen molar-refractivity contribution in [3.8, 4) is 0 Å². The molecular weight excluding hydrogens is 243 g/mol. The van der Waals surface area contributed by atoms with Gasteiger partial charge in [0.25, 0.3) is 0 Å². The van der Waals surface area contributed by atoms with Crippen LogP contribution in [0, 0.1) is 0 Å². The van der Waals surface area contributed by atoms with Gasteiger partial charge in [-0.1, -0.05) is 23.2 Å². The maximum absolute atomic E-state index is 6.11. The topological polar surface area (TPSA) is 29.3 Å². The Morgan fingerprint density at radius 1 is 1.31 bits per heavy atom. The summed E-state index contributed by atoms with van der Waals surface area (Å²) in [5, 5.41) is 1.40. The standard InChI is InChI=1S/C12H18Cl2N2/c1-12(2,15)6-7-16(3)11-8-9(13)4-5-10(11)14/h4-5,8H,6-7,15H2,1-3H3. The summed E-state index contributed by atoms with van der Waals surface area (Å²) in [6, 6.07) is 5.46. The van der Waals surface area contributed by atoms with E-state index >= 15 is 0 Å². The fourth-order valence-corrected chi connectivity index (χ4v) is 1.78. The molecule has 0 aliphatic heterocycles. The fourth-order valence-electron chi connectivity index (χ4n) is 1.35. The summed E-state index contributed by atoms with van der Waals surface area (Å²) < 4.78 is 0. The van der Waals surface area contributed by atoms with Crippen molar-refractivity contribution in [2.24, 2.45) is 5.73 Å². The van der Waals surface area contributed by atoms with Gasteiger partial charge in [-0.3, -0.25) is 0 Å². The number of anilines is 1. The normalized spacial score (nSPS) is 11.6. The first kappa shape index (κ1) is 13.6. The number of hydrogen-bond acceptors (Lipinski definition) is 2. The van der Waals surface area contributed by atoms with Gasteiger partial charge in [0.1, 0.15) is 0 Å². The average molecular weight is 261 g/mol. The van der Waals surface area contributed by atoms with Crippen molar-refractivity contribution in [2.75, 3.05) is 18.5 Å². The van der Waals surface area contributed by atoms with Gasteiger partial charge in [0, 0.05) is 24.2 Å². The molecule has 0 amide bonds. The highest BCUT2D eigenvalue weighted by Gasteiger charge is 2.13. The summed E-state index contributed by atoms with van der Waals surface area (Å²) in [5.74, 6) is 0. The van der Waals surface area contributed by atoms with Crippen LogP contribution in [0.3, 0.4) is 0 Å². The van der Waals surface area contributed by atoms with Crippen LogP contribution in [0.25, 0.3) is 0 Å². The van der Waals surface area contributed by atoms with Gasteiger partial charge in [0.15, 0.2) is 0 Å². The second-order valence-electron chi connectivity index (χ2n) is 4.76. The van der Waals surface area contributed by atoms with E-state index in [9.17, 15) is 0 Å². The molecule has 0 saturated heterocycles. The third-order valence-electron chi connectivity index (χ3n) is 2.41. The molecule has 2 nitrogen and oxygen atoms in total. The molecule has 1 rings (SSSR count). The van der Waals surface area contributed by atoms with Crippen LogP contribution in [-0.2, 0) is 0 Å². The highest BCUT2D eigenvalue weighted by atomic mass is 35.5. The van der Waals surface area contributed by atoms with Gasteiger partial charge >= 0.3 is 0 Å². The lowest BCUT2D eigenvalue weighted by atomic mass is 10.0. The van der Waals surface area contributed by atoms with Crippen molar-refractivity contribution in [3.63, 3.8) is 0 Å². The molecule has 0 bridgehead atoms. The molecule has 0 unspecified atom stereocenters. The molecule has 1 aromatic rings. The third-order valence-corrected chi connectivity index (χ3v) is 2.97. The average Bonchev–Trinajstić information content (AvgIpc) is 2.17. The van der Waals surface area contributed by atoms with E-state index in [0.29, 0.717) is 10.0 Å². The highest BCUT2D eigenvalue weighted by molar-refractivity contribution is 6.35. The number of halogens is 2. The van der Waals surface area contributed by atoms with E-state index in [1.807, 2.05) is 33.0 Å². The molecule has 0 aromatic heterocycles. The van der Waals surface area contributed by atoms with Crippen LogP contribution in [0.1, 0.15) is 20.3 Å². The Balaban J connectivity index is 2.73. The maximum atomic E-state index is 6.11. The molecule has 0 fully saturated rings. The summed E-state index contributed by atoms with van der Waals surface area (Å²) in [7, 11) is 1.99. The number of nitrogens with zero attached hydrogens (tertiary/aromatic N) is 1. The predicted molar refractivity (Wildman–Crippen MR) is 72.6 cm³/mol. The lowest BCUT2D eigenvalue weighted by Gasteiger charge is -2.25. The molecule has 90 valence electrons. The lowest BCUT2D eigenvalue weighted by molar-refractivity contribution is 0.479. The van der Waals surface area contributed by atoms with Crippen molar-refractivity contribution in [1.29, 1.82) is 0 Å². The van der Waals surface area contributed by atoms with Crippen LogP contribution in [0.5, 0.6) is 0 Å². The first-order valence-electron chi connectivity index (χ1n) is 5.25. The zero-order chi connectivity index (χ0) is 12.3. The molecule has 2 N–H and O–H groups in total. The second-order valence-corrected chi connectivity index (χ2v) is 5.60. The Bertz CT molecular complexity index is 359. The van der Waals surface area contributed by atoms with Gasteiger partial charge < -0.3 is 10.6 Å². The molecule has 0 spiro atoms. The van der Waals surface area contributed by atoms with Gasteiger partial charge in [-0.25, -0.2) is 0 Å². The van der Waals surface area contributed by atoms with Crippen LogP contribution in [-0.4, -0.2) is 19.1 Å². The molecule has 0 atom stereocenters. The Kier molecular flexibility index (Phi) is 4.48. The van der Waals surface area contributed by atoms with E-state index in [1.165, 1.54) is 0 Å². The van der Waals surface area contributed by atoms with Gasteiger partial charge in [-0.05, 0) is 38.5 Å². The van der Waals surface area contributed by atoms with Gasteiger partial charge in [-0.2, -0.15) is 0 Å². The molecular formula is C12H18Cl2N2. The Hall–Kier alpha value is -0.440. The largest absolute Gasteiger partial charge is 0.373 e. The summed E-state index contributed by atoms with van der Waals surface area (Å²) in [4.78, 5) is 2.07. The molecule has 0 aliphatic carbocycles. The summed E-state index contributed by atoms with van der Waals surface area (Å²) in [6.07, 6.45) is 0.895. The monoisotopic (exact) mass is 260 g/mol. The first-order valence-corrected chi connectivity index (χ1v) is 6.00. The Labute approximate surface area is 107 Å². The molecule has 0 radical (unpaired) electrons. The lowest BCUT2D eigenvalue weighted by Crippen LogP contribution is -2.36.